The Morgan fingerprint density at radius 1 is 1.38 bits per heavy atom. The van der Waals surface area contributed by atoms with Crippen molar-refractivity contribution in [3.05, 3.63) is 23.8 Å². The summed E-state index contributed by atoms with van der Waals surface area (Å²) in [4.78, 5) is 11.1. The molecule has 1 heterocycles. The highest BCUT2D eigenvalue weighted by molar-refractivity contribution is 7.89. The molecule has 1 aliphatic heterocycles. The Balaban J connectivity index is 2.45. The van der Waals surface area contributed by atoms with Gasteiger partial charge in [-0.3, -0.25) is 4.79 Å². The van der Waals surface area contributed by atoms with Crippen LogP contribution in [-0.4, -0.2) is 42.5 Å². The number of aliphatic carboxylic acids is 1. The molecular weight excluding hydrogens is 294 g/mol. The maximum atomic E-state index is 12.7. The Morgan fingerprint density at radius 3 is 2.62 bits per heavy atom. The predicted octanol–water partition coefficient (Wildman–Crippen LogP) is 1.50. The normalized spacial score (nSPS) is 14.9. The summed E-state index contributed by atoms with van der Waals surface area (Å²) in [6.07, 6.45) is 0.660. The van der Waals surface area contributed by atoms with Crippen molar-refractivity contribution in [3.8, 4) is 5.75 Å². The van der Waals surface area contributed by atoms with Crippen molar-refractivity contribution in [2.45, 2.75) is 37.6 Å². The van der Waals surface area contributed by atoms with Gasteiger partial charge in [0.1, 0.15) is 12.3 Å². The van der Waals surface area contributed by atoms with Gasteiger partial charge in [0.2, 0.25) is 10.0 Å². The van der Waals surface area contributed by atoms with Crippen molar-refractivity contribution in [2.75, 3.05) is 13.2 Å². The molecule has 1 aromatic rings. The SMILES string of the molecule is CC(C)(C)N(CC(=O)O)S(=O)(=O)c1ccc2c(c1)CCO2. The van der Waals surface area contributed by atoms with Gasteiger partial charge in [0, 0.05) is 12.0 Å². The first-order valence-electron chi connectivity index (χ1n) is 6.63. The minimum absolute atomic E-state index is 0.0999. The summed E-state index contributed by atoms with van der Waals surface area (Å²) < 4.78 is 31.8. The molecule has 6 nitrogen and oxygen atoms in total. The highest BCUT2D eigenvalue weighted by Crippen LogP contribution is 2.30. The summed E-state index contributed by atoms with van der Waals surface area (Å²) in [7, 11) is -3.88. The topological polar surface area (TPSA) is 83.9 Å². The molecule has 0 aromatic heterocycles. The quantitative estimate of drug-likeness (QED) is 0.910. The van der Waals surface area contributed by atoms with Crippen molar-refractivity contribution in [1.29, 1.82) is 0 Å². The van der Waals surface area contributed by atoms with Crippen molar-refractivity contribution >= 4 is 16.0 Å². The van der Waals surface area contributed by atoms with E-state index in [0.29, 0.717) is 18.8 Å². The number of carboxylic acid groups (broad SMARTS) is 1. The van der Waals surface area contributed by atoms with Crippen LogP contribution < -0.4 is 4.74 Å². The van der Waals surface area contributed by atoms with Gasteiger partial charge < -0.3 is 9.84 Å². The fraction of sp³-hybridized carbons (Fsp3) is 0.500. The first-order chi connectivity index (χ1) is 9.62. The fourth-order valence-electron chi connectivity index (χ4n) is 2.26. The molecule has 0 atom stereocenters. The van der Waals surface area contributed by atoms with E-state index >= 15 is 0 Å². The van der Waals surface area contributed by atoms with Crippen molar-refractivity contribution < 1.29 is 23.1 Å². The van der Waals surface area contributed by atoms with Crippen LogP contribution >= 0.6 is 0 Å². The molecular formula is C14H19NO5S. The third-order valence-corrected chi connectivity index (χ3v) is 5.38. The number of benzene rings is 1. The molecule has 0 bridgehead atoms. The number of rotatable bonds is 4. The van der Waals surface area contributed by atoms with Crippen LogP contribution in [0.4, 0.5) is 0 Å². The van der Waals surface area contributed by atoms with E-state index in [1.807, 2.05) is 0 Å². The molecule has 0 spiro atoms. The molecule has 0 fully saturated rings. The Bertz CT molecular complexity index is 660. The van der Waals surface area contributed by atoms with Gasteiger partial charge in [-0.1, -0.05) is 0 Å². The number of fused-ring (bicyclic) bond motifs is 1. The largest absolute Gasteiger partial charge is 0.493 e. The second-order valence-electron chi connectivity index (χ2n) is 5.94. The van der Waals surface area contributed by atoms with E-state index < -0.39 is 28.1 Å². The van der Waals surface area contributed by atoms with Crippen molar-refractivity contribution in [1.82, 2.24) is 4.31 Å². The van der Waals surface area contributed by atoms with E-state index in [0.717, 1.165) is 9.87 Å². The van der Waals surface area contributed by atoms with Gasteiger partial charge in [-0.2, -0.15) is 4.31 Å². The zero-order chi connectivity index (χ0) is 15.8. The van der Waals surface area contributed by atoms with Gasteiger partial charge in [0.15, 0.2) is 0 Å². The number of carbonyl (C=O) groups is 1. The molecule has 0 radical (unpaired) electrons. The van der Waals surface area contributed by atoms with Gasteiger partial charge in [-0.05, 0) is 44.5 Å². The first-order valence-corrected chi connectivity index (χ1v) is 8.07. The maximum Gasteiger partial charge on any atom is 0.318 e. The molecule has 0 unspecified atom stereocenters. The van der Waals surface area contributed by atoms with Crippen LogP contribution in [0.3, 0.4) is 0 Å². The molecule has 1 aliphatic rings. The number of hydrogen-bond donors (Lipinski definition) is 1. The summed E-state index contributed by atoms with van der Waals surface area (Å²) in [5, 5.41) is 8.99. The average Bonchev–Trinajstić information content (AvgIpc) is 2.81. The standard InChI is InChI=1S/C14H19NO5S/c1-14(2,3)15(9-13(16)17)21(18,19)11-4-5-12-10(8-11)6-7-20-12/h4-5,8H,6-7,9H2,1-3H3,(H,16,17). The Kier molecular flexibility index (Phi) is 3.99. The molecule has 0 aliphatic carbocycles. The van der Waals surface area contributed by atoms with Crippen LogP contribution in [0.25, 0.3) is 0 Å². The van der Waals surface area contributed by atoms with E-state index in [-0.39, 0.29) is 4.90 Å². The predicted molar refractivity (Wildman–Crippen MR) is 76.9 cm³/mol. The molecule has 0 saturated carbocycles. The van der Waals surface area contributed by atoms with E-state index in [9.17, 15) is 13.2 Å². The van der Waals surface area contributed by atoms with Gasteiger partial charge >= 0.3 is 5.97 Å². The Morgan fingerprint density at radius 2 is 2.05 bits per heavy atom. The lowest BCUT2D eigenvalue weighted by atomic mass is 10.1. The lowest BCUT2D eigenvalue weighted by Crippen LogP contribution is -2.48. The highest BCUT2D eigenvalue weighted by Gasteiger charge is 2.36. The van der Waals surface area contributed by atoms with Crippen molar-refractivity contribution in [3.63, 3.8) is 0 Å². The molecule has 1 N–H and O–H groups in total. The summed E-state index contributed by atoms with van der Waals surface area (Å²) in [5.41, 5.74) is 0.00692. The summed E-state index contributed by atoms with van der Waals surface area (Å²) in [6, 6.07) is 4.65. The second-order valence-corrected chi connectivity index (χ2v) is 7.81. The summed E-state index contributed by atoms with van der Waals surface area (Å²) in [6.45, 7) is 4.98. The molecule has 21 heavy (non-hydrogen) atoms. The molecule has 0 amide bonds. The number of ether oxygens (including phenoxy) is 1. The summed E-state index contributed by atoms with van der Waals surface area (Å²) in [5.74, 6) is -0.493. The highest BCUT2D eigenvalue weighted by atomic mass is 32.2. The molecule has 0 saturated heterocycles. The smallest absolute Gasteiger partial charge is 0.318 e. The number of nitrogens with zero attached hydrogens (tertiary/aromatic N) is 1. The van der Waals surface area contributed by atoms with Crippen LogP contribution in [0, 0.1) is 0 Å². The van der Waals surface area contributed by atoms with E-state index in [1.54, 1.807) is 32.9 Å². The number of hydrogen-bond acceptors (Lipinski definition) is 4. The van der Waals surface area contributed by atoms with Crippen molar-refractivity contribution in [2.24, 2.45) is 0 Å². The zero-order valence-corrected chi connectivity index (χ0v) is 13.1. The van der Waals surface area contributed by atoms with Gasteiger partial charge in [0.25, 0.3) is 0 Å². The average molecular weight is 313 g/mol. The van der Waals surface area contributed by atoms with Gasteiger partial charge in [-0.25, -0.2) is 8.42 Å². The number of sulfonamides is 1. The van der Waals surface area contributed by atoms with Crippen LogP contribution in [0.5, 0.6) is 5.75 Å². The lowest BCUT2D eigenvalue weighted by molar-refractivity contribution is -0.138. The van der Waals surface area contributed by atoms with Crippen LogP contribution in [0.15, 0.2) is 23.1 Å². The molecule has 7 heteroatoms. The third kappa shape index (κ3) is 3.19. The van der Waals surface area contributed by atoms with Gasteiger partial charge in [-0.15, -0.1) is 0 Å². The molecule has 2 rings (SSSR count). The number of carboxylic acids is 1. The second kappa shape index (κ2) is 5.31. The lowest BCUT2D eigenvalue weighted by Gasteiger charge is -2.33. The van der Waals surface area contributed by atoms with E-state index in [4.69, 9.17) is 9.84 Å². The zero-order valence-electron chi connectivity index (χ0n) is 12.3. The monoisotopic (exact) mass is 313 g/mol. The Labute approximate surface area is 124 Å². The minimum Gasteiger partial charge on any atom is -0.493 e. The van der Waals surface area contributed by atoms with E-state index in [2.05, 4.69) is 0 Å². The van der Waals surface area contributed by atoms with Crippen LogP contribution in [0.1, 0.15) is 26.3 Å². The molecule has 116 valence electrons. The Hall–Kier alpha value is -1.60. The summed E-state index contributed by atoms with van der Waals surface area (Å²) >= 11 is 0. The van der Waals surface area contributed by atoms with Crippen LogP contribution in [-0.2, 0) is 21.2 Å². The molecule has 1 aromatic carbocycles. The fourth-order valence-corrected chi connectivity index (χ4v) is 4.04. The van der Waals surface area contributed by atoms with Gasteiger partial charge in [0.05, 0.1) is 11.5 Å². The maximum absolute atomic E-state index is 12.7. The first kappa shape index (κ1) is 15.8. The van der Waals surface area contributed by atoms with E-state index in [1.165, 1.54) is 6.07 Å². The minimum atomic E-state index is -3.88. The third-order valence-electron chi connectivity index (χ3n) is 3.28. The van der Waals surface area contributed by atoms with Crippen LogP contribution in [0.2, 0.25) is 0 Å².